The van der Waals surface area contributed by atoms with Gasteiger partial charge in [-0.25, -0.2) is 0 Å². The van der Waals surface area contributed by atoms with E-state index in [1.54, 1.807) is 17.0 Å². The first-order chi connectivity index (χ1) is 12.0. The molecule has 2 saturated heterocycles. The number of nitrogens with zero attached hydrogens (tertiary/aromatic N) is 2. The molecule has 2 bridgehead atoms. The number of non-ortho nitro benzene ring substituents is 1. The summed E-state index contributed by atoms with van der Waals surface area (Å²) in [4.78, 5) is 25.1. The zero-order chi connectivity index (χ0) is 17.8. The monoisotopic (exact) mass is 343 g/mol. The highest BCUT2D eigenvalue weighted by Crippen LogP contribution is 2.33. The van der Waals surface area contributed by atoms with Crippen LogP contribution in [0, 0.1) is 16.0 Å². The molecule has 2 unspecified atom stereocenters. The van der Waals surface area contributed by atoms with E-state index in [1.807, 2.05) is 6.07 Å². The largest absolute Gasteiger partial charge is 0.335 e. The minimum atomic E-state index is -0.409. The molecule has 25 heavy (non-hydrogen) atoms. The molecule has 1 amide bonds. The molecule has 6 heteroatoms. The Morgan fingerprint density at radius 1 is 1.36 bits per heavy atom. The summed E-state index contributed by atoms with van der Waals surface area (Å²) in [6.07, 6.45) is 6.85. The van der Waals surface area contributed by atoms with Crippen LogP contribution in [0.15, 0.2) is 36.9 Å². The second-order valence-corrected chi connectivity index (χ2v) is 7.17. The van der Waals surface area contributed by atoms with Gasteiger partial charge in [-0.15, -0.1) is 6.58 Å². The van der Waals surface area contributed by atoms with Crippen molar-refractivity contribution in [2.24, 2.45) is 5.92 Å². The van der Waals surface area contributed by atoms with Crippen molar-refractivity contribution in [1.29, 1.82) is 0 Å². The van der Waals surface area contributed by atoms with Crippen LogP contribution in [0.4, 0.5) is 5.69 Å². The van der Waals surface area contributed by atoms with Gasteiger partial charge in [-0.3, -0.25) is 14.9 Å². The molecule has 3 rings (SSSR count). The standard InChI is InChI=1S/C19H25N3O3/c1-2-8-21(13-14-4-3-5-18(11-14)22(24)25)19(23)12-15-9-16-6-7-17(10-15)20-16/h2-5,11,15-17,20H,1,6-10,12-13H2. The molecule has 0 spiro atoms. The summed E-state index contributed by atoms with van der Waals surface area (Å²) < 4.78 is 0. The molecule has 1 aromatic carbocycles. The minimum Gasteiger partial charge on any atom is -0.335 e. The fourth-order valence-electron chi connectivity index (χ4n) is 4.12. The van der Waals surface area contributed by atoms with E-state index in [9.17, 15) is 14.9 Å². The first kappa shape index (κ1) is 17.6. The molecule has 1 N–H and O–H groups in total. The number of nitrogens with one attached hydrogen (secondary N) is 1. The van der Waals surface area contributed by atoms with Crippen LogP contribution < -0.4 is 5.32 Å². The van der Waals surface area contributed by atoms with Gasteiger partial charge in [-0.1, -0.05) is 18.2 Å². The summed E-state index contributed by atoms with van der Waals surface area (Å²) in [7, 11) is 0. The summed E-state index contributed by atoms with van der Waals surface area (Å²) >= 11 is 0. The van der Waals surface area contributed by atoms with E-state index in [-0.39, 0.29) is 11.6 Å². The summed E-state index contributed by atoms with van der Waals surface area (Å²) in [5.74, 6) is 0.543. The predicted octanol–water partition coefficient (Wildman–Crippen LogP) is 3.03. The van der Waals surface area contributed by atoms with Crippen molar-refractivity contribution in [2.75, 3.05) is 6.54 Å². The predicted molar refractivity (Wildman–Crippen MR) is 96.0 cm³/mol. The fraction of sp³-hybridized carbons (Fsp3) is 0.526. The van der Waals surface area contributed by atoms with E-state index >= 15 is 0 Å². The lowest BCUT2D eigenvalue weighted by molar-refractivity contribution is -0.384. The van der Waals surface area contributed by atoms with Crippen molar-refractivity contribution in [3.8, 4) is 0 Å². The first-order valence-corrected chi connectivity index (χ1v) is 8.93. The second-order valence-electron chi connectivity index (χ2n) is 7.17. The lowest BCUT2D eigenvalue weighted by Gasteiger charge is -2.30. The maximum atomic E-state index is 12.8. The number of amides is 1. The van der Waals surface area contributed by atoms with Crippen LogP contribution in [-0.4, -0.2) is 34.4 Å². The Morgan fingerprint density at radius 3 is 2.72 bits per heavy atom. The van der Waals surface area contributed by atoms with Crippen molar-refractivity contribution >= 4 is 11.6 Å². The Kier molecular flexibility index (Phi) is 5.48. The van der Waals surface area contributed by atoms with Gasteiger partial charge < -0.3 is 10.2 Å². The Balaban J connectivity index is 1.63. The third kappa shape index (κ3) is 4.45. The lowest BCUT2D eigenvalue weighted by Crippen LogP contribution is -2.40. The number of carbonyl (C=O) groups excluding carboxylic acids is 1. The highest BCUT2D eigenvalue weighted by Gasteiger charge is 2.34. The van der Waals surface area contributed by atoms with Gasteiger partial charge in [0.25, 0.3) is 5.69 Å². The van der Waals surface area contributed by atoms with E-state index in [1.165, 1.54) is 25.0 Å². The summed E-state index contributed by atoms with van der Waals surface area (Å²) in [5, 5.41) is 14.5. The number of benzene rings is 1. The molecule has 6 nitrogen and oxygen atoms in total. The quantitative estimate of drug-likeness (QED) is 0.469. The summed E-state index contributed by atoms with van der Waals surface area (Å²) in [5.41, 5.74) is 0.827. The van der Waals surface area contributed by atoms with E-state index in [0.29, 0.717) is 37.5 Å². The van der Waals surface area contributed by atoms with Crippen LogP contribution in [0.2, 0.25) is 0 Å². The van der Waals surface area contributed by atoms with Gasteiger partial charge in [-0.2, -0.15) is 0 Å². The number of nitro benzene ring substituents is 1. The molecule has 1 aromatic rings. The van der Waals surface area contributed by atoms with Crippen LogP contribution in [0.25, 0.3) is 0 Å². The molecule has 134 valence electrons. The number of hydrogen-bond donors (Lipinski definition) is 1. The van der Waals surface area contributed by atoms with Crippen LogP contribution in [0.3, 0.4) is 0 Å². The zero-order valence-electron chi connectivity index (χ0n) is 14.4. The van der Waals surface area contributed by atoms with Crippen molar-refractivity contribution in [3.63, 3.8) is 0 Å². The Bertz CT molecular complexity index is 649. The number of hydrogen-bond acceptors (Lipinski definition) is 4. The van der Waals surface area contributed by atoms with Gasteiger partial charge in [0, 0.05) is 43.7 Å². The summed E-state index contributed by atoms with van der Waals surface area (Å²) in [6.45, 7) is 4.58. The molecule has 2 heterocycles. The van der Waals surface area contributed by atoms with Crippen LogP contribution in [-0.2, 0) is 11.3 Å². The van der Waals surface area contributed by atoms with E-state index in [0.717, 1.165) is 18.4 Å². The molecule has 0 aliphatic carbocycles. The molecular weight excluding hydrogens is 318 g/mol. The van der Waals surface area contributed by atoms with Crippen molar-refractivity contribution in [3.05, 3.63) is 52.6 Å². The van der Waals surface area contributed by atoms with Gasteiger partial charge in [0.05, 0.1) is 4.92 Å². The molecule has 2 aliphatic rings. The zero-order valence-corrected chi connectivity index (χ0v) is 14.4. The Hall–Kier alpha value is -2.21. The highest BCUT2D eigenvalue weighted by atomic mass is 16.6. The van der Waals surface area contributed by atoms with Crippen LogP contribution in [0.5, 0.6) is 0 Å². The second kappa shape index (κ2) is 7.78. The fourth-order valence-corrected chi connectivity index (χ4v) is 4.12. The average Bonchev–Trinajstić information content (AvgIpc) is 2.93. The van der Waals surface area contributed by atoms with Gasteiger partial charge in [0.1, 0.15) is 0 Å². The normalized spacial score (nSPS) is 24.7. The topological polar surface area (TPSA) is 75.5 Å². The number of nitro groups is 1. The molecule has 0 aromatic heterocycles. The van der Waals surface area contributed by atoms with Crippen molar-refractivity contribution < 1.29 is 9.72 Å². The average molecular weight is 343 g/mol. The Morgan fingerprint density at radius 2 is 2.08 bits per heavy atom. The SMILES string of the molecule is C=CCN(Cc1cccc([N+](=O)[O-])c1)C(=O)CC1CC2CCC(C1)N2. The van der Waals surface area contributed by atoms with Gasteiger partial charge in [0.15, 0.2) is 0 Å². The molecule has 0 radical (unpaired) electrons. The van der Waals surface area contributed by atoms with E-state index < -0.39 is 4.92 Å². The maximum absolute atomic E-state index is 12.8. The first-order valence-electron chi connectivity index (χ1n) is 8.93. The number of piperidine rings is 1. The van der Waals surface area contributed by atoms with Crippen molar-refractivity contribution in [2.45, 2.75) is 50.7 Å². The van der Waals surface area contributed by atoms with E-state index in [4.69, 9.17) is 0 Å². The molecule has 2 atom stereocenters. The van der Waals surface area contributed by atoms with E-state index in [2.05, 4.69) is 11.9 Å². The van der Waals surface area contributed by atoms with Gasteiger partial charge in [-0.05, 0) is 37.2 Å². The third-order valence-corrected chi connectivity index (χ3v) is 5.23. The lowest BCUT2D eigenvalue weighted by atomic mass is 9.89. The van der Waals surface area contributed by atoms with Gasteiger partial charge >= 0.3 is 0 Å². The minimum absolute atomic E-state index is 0.0541. The van der Waals surface area contributed by atoms with Crippen molar-refractivity contribution in [1.82, 2.24) is 10.2 Å². The number of rotatable bonds is 7. The highest BCUT2D eigenvalue weighted by molar-refractivity contribution is 5.76. The maximum Gasteiger partial charge on any atom is 0.269 e. The molecule has 0 saturated carbocycles. The number of carbonyl (C=O) groups is 1. The molecule has 2 aliphatic heterocycles. The van der Waals surface area contributed by atoms with Crippen LogP contribution >= 0.6 is 0 Å². The smallest absolute Gasteiger partial charge is 0.269 e. The summed E-state index contributed by atoms with van der Waals surface area (Å²) in [6, 6.07) is 7.62. The number of fused-ring (bicyclic) bond motifs is 2. The Labute approximate surface area is 148 Å². The van der Waals surface area contributed by atoms with Gasteiger partial charge in [0.2, 0.25) is 5.91 Å². The third-order valence-electron chi connectivity index (χ3n) is 5.23. The molecule has 2 fully saturated rings. The molecular formula is C19H25N3O3. The van der Waals surface area contributed by atoms with Crippen LogP contribution in [0.1, 0.15) is 37.7 Å².